The molecule has 0 aliphatic heterocycles. The molecule has 0 heterocycles. The van der Waals surface area contributed by atoms with Crippen LogP contribution in [0.2, 0.25) is 0 Å². The van der Waals surface area contributed by atoms with E-state index in [2.05, 4.69) is 21.2 Å². The predicted octanol–water partition coefficient (Wildman–Crippen LogP) is 4.42. The van der Waals surface area contributed by atoms with Crippen molar-refractivity contribution in [2.45, 2.75) is 44.9 Å². The summed E-state index contributed by atoms with van der Waals surface area (Å²) >= 11 is 3.36. The Balaban J connectivity index is 2.77. The van der Waals surface area contributed by atoms with Gasteiger partial charge < -0.3 is 5.32 Å². The minimum atomic E-state index is -0.576. The zero-order valence-electron chi connectivity index (χ0n) is 12.5. The first kappa shape index (κ1) is 16.9. The molecule has 0 saturated carbocycles. The lowest BCUT2D eigenvalue weighted by atomic mass is 10.0. The second-order valence-corrected chi connectivity index (χ2v) is 7.36. The third kappa shape index (κ3) is 4.44. The Hall–Kier alpha value is -1.16. The van der Waals surface area contributed by atoms with Crippen molar-refractivity contribution in [3.63, 3.8) is 0 Å². The Morgan fingerprint density at radius 3 is 2.05 bits per heavy atom. The monoisotopic (exact) mass is 339 g/mol. The summed E-state index contributed by atoms with van der Waals surface area (Å²) in [6.07, 6.45) is 1.66. The smallest absolute Gasteiger partial charge is 0.227 e. The lowest BCUT2D eigenvalue weighted by Crippen LogP contribution is -2.24. The second kappa shape index (κ2) is 7.02. The summed E-state index contributed by atoms with van der Waals surface area (Å²) in [6.45, 7) is 7.65. The van der Waals surface area contributed by atoms with Crippen LogP contribution >= 0.6 is 15.9 Å². The zero-order valence-corrected chi connectivity index (χ0v) is 14.1. The van der Waals surface area contributed by atoms with Gasteiger partial charge in [-0.3, -0.25) is 9.59 Å². The van der Waals surface area contributed by atoms with E-state index in [1.807, 2.05) is 27.7 Å². The average Bonchev–Trinajstić information content (AvgIpc) is 2.39. The van der Waals surface area contributed by atoms with Crippen LogP contribution in [0.5, 0.6) is 0 Å². The molecular weight excluding hydrogens is 318 g/mol. The van der Waals surface area contributed by atoms with Crippen molar-refractivity contribution in [1.82, 2.24) is 0 Å². The van der Waals surface area contributed by atoms with E-state index in [1.165, 1.54) is 0 Å². The first-order valence-electron chi connectivity index (χ1n) is 6.94. The van der Waals surface area contributed by atoms with Gasteiger partial charge in [0, 0.05) is 17.2 Å². The van der Waals surface area contributed by atoms with Crippen molar-refractivity contribution in [3.05, 3.63) is 29.8 Å². The van der Waals surface area contributed by atoms with Crippen molar-refractivity contribution in [2.24, 2.45) is 5.92 Å². The minimum Gasteiger partial charge on any atom is -0.326 e. The van der Waals surface area contributed by atoms with Crippen LogP contribution in [0, 0.1) is 5.92 Å². The number of nitrogens with one attached hydrogen (secondary N) is 1. The number of carbonyl (C=O) groups excluding carboxylic acids is 2. The summed E-state index contributed by atoms with van der Waals surface area (Å²) in [4.78, 5) is 24.0. The van der Waals surface area contributed by atoms with E-state index in [9.17, 15) is 9.59 Å². The number of alkyl halides is 1. The van der Waals surface area contributed by atoms with Gasteiger partial charge in [0.25, 0.3) is 0 Å². The van der Waals surface area contributed by atoms with Crippen molar-refractivity contribution < 1.29 is 9.59 Å². The number of rotatable bonds is 6. The van der Waals surface area contributed by atoms with Crippen LogP contribution in [0.15, 0.2) is 24.3 Å². The highest BCUT2D eigenvalue weighted by atomic mass is 79.9. The molecule has 20 heavy (non-hydrogen) atoms. The van der Waals surface area contributed by atoms with Gasteiger partial charge in [-0.05, 0) is 51.0 Å². The Morgan fingerprint density at radius 1 is 1.15 bits per heavy atom. The van der Waals surface area contributed by atoms with Gasteiger partial charge in [0.1, 0.15) is 0 Å². The van der Waals surface area contributed by atoms with E-state index >= 15 is 0 Å². The molecule has 1 aromatic carbocycles. The van der Waals surface area contributed by atoms with Crippen LogP contribution < -0.4 is 5.32 Å². The molecule has 1 amide bonds. The van der Waals surface area contributed by atoms with Gasteiger partial charge in [-0.1, -0.05) is 29.8 Å². The molecule has 0 aliphatic rings. The normalized spacial score (nSPS) is 11.5. The maximum absolute atomic E-state index is 12.1. The number of hydrogen-bond acceptors (Lipinski definition) is 2. The molecule has 3 nitrogen and oxygen atoms in total. The van der Waals surface area contributed by atoms with Crippen LogP contribution in [0.4, 0.5) is 5.69 Å². The number of Topliss-reactive ketones (excluding diaryl/α,β-unsaturated/α-hetero) is 1. The van der Waals surface area contributed by atoms with Crippen LogP contribution in [0.1, 0.15) is 50.9 Å². The quantitative estimate of drug-likeness (QED) is 0.616. The maximum atomic E-state index is 12.1. The number of ketones is 1. The van der Waals surface area contributed by atoms with Crippen LogP contribution in [0.25, 0.3) is 0 Å². The molecule has 0 spiro atoms. The van der Waals surface area contributed by atoms with Gasteiger partial charge in [-0.25, -0.2) is 0 Å². The van der Waals surface area contributed by atoms with Gasteiger partial charge in [0.05, 0.1) is 4.32 Å². The lowest BCUT2D eigenvalue weighted by Gasteiger charge is -2.15. The molecule has 110 valence electrons. The third-order valence-corrected chi connectivity index (χ3v) is 3.67. The molecule has 0 radical (unpaired) electrons. The van der Waals surface area contributed by atoms with Crippen molar-refractivity contribution >= 4 is 33.3 Å². The Kier molecular flexibility index (Phi) is 5.93. The van der Waals surface area contributed by atoms with Crippen LogP contribution in [0.3, 0.4) is 0 Å². The summed E-state index contributed by atoms with van der Waals surface area (Å²) in [5, 5.41) is 2.89. The van der Waals surface area contributed by atoms with E-state index in [4.69, 9.17) is 0 Å². The number of carbonyl (C=O) groups is 2. The highest BCUT2D eigenvalue weighted by Gasteiger charge is 2.24. The standard InChI is InChI=1S/C16H22BrNO2/c1-5-11(6-2)15(20)18-13-9-7-12(8-10-13)14(19)16(3,4)17/h7-11H,5-6H2,1-4H3,(H,18,20). The number of benzene rings is 1. The summed E-state index contributed by atoms with van der Waals surface area (Å²) in [5.74, 6) is 0.100. The molecule has 0 saturated heterocycles. The Bertz CT molecular complexity index is 470. The van der Waals surface area contributed by atoms with E-state index in [0.29, 0.717) is 5.56 Å². The number of hydrogen-bond donors (Lipinski definition) is 1. The van der Waals surface area contributed by atoms with Crippen LogP contribution in [-0.2, 0) is 4.79 Å². The van der Waals surface area contributed by atoms with Gasteiger partial charge >= 0.3 is 0 Å². The molecule has 1 N–H and O–H groups in total. The van der Waals surface area contributed by atoms with E-state index in [-0.39, 0.29) is 17.6 Å². The van der Waals surface area contributed by atoms with Crippen molar-refractivity contribution in [1.29, 1.82) is 0 Å². The maximum Gasteiger partial charge on any atom is 0.227 e. The molecule has 0 aliphatic carbocycles. The molecule has 0 atom stereocenters. The van der Waals surface area contributed by atoms with E-state index in [0.717, 1.165) is 18.5 Å². The van der Waals surface area contributed by atoms with Crippen molar-refractivity contribution in [3.8, 4) is 0 Å². The fourth-order valence-corrected chi connectivity index (χ4v) is 2.18. The van der Waals surface area contributed by atoms with Gasteiger partial charge in [-0.2, -0.15) is 0 Å². The molecule has 0 unspecified atom stereocenters. The summed E-state index contributed by atoms with van der Waals surface area (Å²) in [7, 11) is 0. The second-order valence-electron chi connectivity index (χ2n) is 5.38. The topological polar surface area (TPSA) is 46.2 Å². The fourth-order valence-electron chi connectivity index (χ4n) is 1.95. The Labute approximate surface area is 129 Å². The summed E-state index contributed by atoms with van der Waals surface area (Å²) in [5.41, 5.74) is 1.36. The molecule has 0 bridgehead atoms. The molecule has 1 rings (SSSR count). The number of amides is 1. The highest BCUT2D eigenvalue weighted by molar-refractivity contribution is 9.10. The molecule has 0 fully saturated rings. The molecule has 4 heteroatoms. The fraction of sp³-hybridized carbons (Fsp3) is 0.500. The van der Waals surface area contributed by atoms with E-state index < -0.39 is 4.32 Å². The van der Waals surface area contributed by atoms with Crippen LogP contribution in [-0.4, -0.2) is 16.0 Å². The van der Waals surface area contributed by atoms with E-state index in [1.54, 1.807) is 24.3 Å². The predicted molar refractivity (Wildman–Crippen MR) is 86.5 cm³/mol. The zero-order chi connectivity index (χ0) is 15.3. The SMILES string of the molecule is CCC(CC)C(=O)Nc1ccc(C(=O)C(C)(C)Br)cc1. The lowest BCUT2D eigenvalue weighted by molar-refractivity contribution is -0.120. The molecule has 0 aromatic heterocycles. The largest absolute Gasteiger partial charge is 0.326 e. The molecular formula is C16H22BrNO2. The van der Waals surface area contributed by atoms with Crippen molar-refractivity contribution in [2.75, 3.05) is 5.32 Å². The average molecular weight is 340 g/mol. The summed E-state index contributed by atoms with van der Waals surface area (Å²) in [6, 6.07) is 7.03. The first-order valence-corrected chi connectivity index (χ1v) is 7.73. The van der Waals surface area contributed by atoms with Gasteiger partial charge in [0.2, 0.25) is 5.91 Å². The number of anilines is 1. The molecule has 1 aromatic rings. The minimum absolute atomic E-state index is 0.0235. The third-order valence-electron chi connectivity index (χ3n) is 3.31. The van der Waals surface area contributed by atoms with Gasteiger partial charge in [0.15, 0.2) is 5.78 Å². The summed E-state index contributed by atoms with van der Waals surface area (Å²) < 4.78 is -0.576. The highest BCUT2D eigenvalue weighted by Crippen LogP contribution is 2.23. The first-order chi connectivity index (χ1) is 9.29. The van der Waals surface area contributed by atoms with Gasteiger partial charge in [-0.15, -0.1) is 0 Å². The number of halogens is 1. The Morgan fingerprint density at radius 2 is 1.65 bits per heavy atom.